The molecule has 0 amide bonds. The van der Waals surface area contributed by atoms with Crippen LogP contribution in [0.1, 0.15) is 76.9 Å². The van der Waals surface area contributed by atoms with Crippen LogP contribution in [-0.2, 0) is 4.74 Å². The van der Waals surface area contributed by atoms with Gasteiger partial charge in [0.1, 0.15) is 6.10 Å². The molecule has 0 radical (unpaired) electrons. The fourth-order valence-electron chi connectivity index (χ4n) is 2.98. The fourth-order valence-corrected chi connectivity index (χ4v) is 2.98. The number of nitrogens with zero attached hydrogens (tertiary/aromatic N) is 1. The Kier molecular flexibility index (Phi) is 4.79. The highest BCUT2D eigenvalue weighted by molar-refractivity contribution is 5.81. The minimum Gasteiger partial charge on any atom is -0.494 e. The molecule has 0 bridgehead atoms. The van der Waals surface area contributed by atoms with Gasteiger partial charge in [0.05, 0.1) is 12.0 Å². The highest BCUT2D eigenvalue weighted by Gasteiger charge is 2.24. The van der Waals surface area contributed by atoms with Gasteiger partial charge in [-0.1, -0.05) is 27.7 Å². The van der Waals surface area contributed by atoms with E-state index in [4.69, 9.17) is 9.72 Å². The summed E-state index contributed by atoms with van der Waals surface area (Å²) in [6.07, 6.45) is 2.05. The first-order valence-electron chi connectivity index (χ1n) is 8.29. The zero-order chi connectivity index (χ0) is 16.6. The van der Waals surface area contributed by atoms with Gasteiger partial charge in [0.25, 0.3) is 0 Å². The SMILES string of the molecule is C/C1=C(\C)[C@H](C)O/C=C(/C(C)C)c2c(C(C)C)cc(C)nc21. The van der Waals surface area contributed by atoms with Crippen LogP contribution in [0.15, 0.2) is 17.9 Å². The summed E-state index contributed by atoms with van der Waals surface area (Å²) in [4.78, 5) is 4.90. The number of aryl methyl sites for hydroxylation is 1. The lowest BCUT2D eigenvalue weighted by molar-refractivity contribution is 0.193. The van der Waals surface area contributed by atoms with E-state index in [9.17, 15) is 0 Å². The second kappa shape index (κ2) is 6.28. The highest BCUT2D eigenvalue weighted by atomic mass is 16.5. The first kappa shape index (κ1) is 16.8. The lowest BCUT2D eigenvalue weighted by Gasteiger charge is -2.27. The summed E-state index contributed by atoms with van der Waals surface area (Å²) >= 11 is 0. The standard InChI is InChI=1S/C20H29NO/c1-11(2)17-9-13(5)21-20-15(7)14(6)16(8)22-10-18(12(3)4)19(17)20/h9-12,16H,1-8H3/b15-14-,18-10-/t16-/m0/s1. The predicted octanol–water partition coefficient (Wildman–Crippen LogP) is 5.72. The van der Waals surface area contributed by atoms with Gasteiger partial charge < -0.3 is 4.74 Å². The maximum absolute atomic E-state index is 6.01. The molecule has 0 N–H and O–H groups in total. The van der Waals surface area contributed by atoms with Gasteiger partial charge >= 0.3 is 0 Å². The van der Waals surface area contributed by atoms with Crippen molar-refractivity contribution in [2.24, 2.45) is 5.92 Å². The molecule has 0 saturated heterocycles. The minimum absolute atomic E-state index is 0.0895. The van der Waals surface area contributed by atoms with Crippen molar-refractivity contribution in [1.82, 2.24) is 4.98 Å². The summed E-state index contributed by atoms with van der Waals surface area (Å²) in [5.74, 6) is 0.863. The molecule has 1 aliphatic rings. The topological polar surface area (TPSA) is 22.1 Å². The quantitative estimate of drug-likeness (QED) is 0.696. The predicted molar refractivity (Wildman–Crippen MR) is 94.7 cm³/mol. The molecule has 0 saturated carbocycles. The lowest BCUT2D eigenvalue weighted by atomic mass is 9.84. The summed E-state index contributed by atoms with van der Waals surface area (Å²) in [6, 6.07) is 2.23. The normalized spacial score (nSPS) is 24.5. The van der Waals surface area contributed by atoms with Gasteiger partial charge in [-0.25, -0.2) is 0 Å². The number of ether oxygens (including phenoxy) is 1. The molecule has 1 aromatic rings. The molecule has 2 heterocycles. The molecule has 0 unspecified atom stereocenters. The molecule has 1 aromatic heterocycles. The maximum Gasteiger partial charge on any atom is 0.116 e. The van der Waals surface area contributed by atoms with Crippen molar-refractivity contribution < 1.29 is 4.74 Å². The highest BCUT2D eigenvalue weighted by Crippen LogP contribution is 2.38. The summed E-state index contributed by atoms with van der Waals surface area (Å²) in [5.41, 5.74) is 8.63. The molecular weight excluding hydrogens is 270 g/mol. The van der Waals surface area contributed by atoms with E-state index in [-0.39, 0.29) is 6.10 Å². The Hall–Kier alpha value is -1.57. The van der Waals surface area contributed by atoms with Crippen LogP contribution in [0.25, 0.3) is 11.1 Å². The van der Waals surface area contributed by atoms with Crippen molar-refractivity contribution in [1.29, 1.82) is 0 Å². The number of hydrogen-bond acceptors (Lipinski definition) is 2. The Bertz CT molecular complexity index is 635. The number of allylic oxidation sites excluding steroid dienone is 2. The molecule has 0 aromatic carbocycles. The van der Waals surface area contributed by atoms with Gasteiger partial charge in [-0.05, 0) is 67.9 Å². The largest absolute Gasteiger partial charge is 0.494 e. The Balaban J connectivity index is 2.88. The summed E-state index contributed by atoms with van der Waals surface area (Å²) < 4.78 is 6.01. The van der Waals surface area contributed by atoms with Crippen LogP contribution in [0.2, 0.25) is 0 Å². The second-order valence-corrected chi connectivity index (χ2v) is 7.05. The lowest BCUT2D eigenvalue weighted by Crippen LogP contribution is -2.15. The van der Waals surface area contributed by atoms with Crippen LogP contribution >= 0.6 is 0 Å². The second-order valence-electron chi connectivity index (χ2n) is 7.05. The van der Waals surface area contributed by atoms with E-state index in [1.807, 2.05) is 6.26 Å². The van der Waals surface area contributed by atoms with E-state index in [1.54, 1.807) is 0 Å². The Labute approximate surface area is 135 Å². The van der Waals surface area contributed by atoms with E-state index >= 15 is 0 Å². The summed E-state index contributed by atoms with van der Waals surface area (Å²) in [6.45, 7) is 17.5. The van der Waals surface area contributed by atoms with E-state index in [0.717, 1.165) is 11.4 Å². The first-order chi connectivity index (χ1) is 10.2. The van der Waals surface area contributed by atoms with Crippen LogP contribution in [0.3, 0.4) is 0 Å². The van der Waals surface area contributed by atoms with Crippen molar-refractivity contribution in [3.05, 3.63) is 40.4 Å². The van der Waals surface area contributed by atoms with Crippen molar-refractivity contribution >= 4 is 11.1 Å². The van der Waals surface area contributed by atoms with Gasteiger partial charge in [-0.15, -0.1) is 0 Å². The first-order valence-corrected chi connectivity index (χ1v) is 8.29. The number of rotatable bonds is 2. The summed E-state index contributed by atoms with van der Waals surface area (Å²) in [7, 11) is 0. The fraction of sp³-hybridized carbons (Fsp3) is 0.550. The average molecular weight is 299 g/mol. The van der Waals surface area contributed by atoms with Gasteiger partial charge in [0.2, 0.25) is 0 Å². The smallest absolute Gasteiger partial charge is 0.116 e. The van der Waals surface area contributed by atoms with Crippen molar-refractivity contribution in [3.63, 3.8) is 0 Å². The number of aromatic nitrogens is 1. The number of fused-ring (bicyclic) bond motifs is 1. The molecule has 2 heteroatoms. The van der Waals surface area contributed by atoms with Gasteiger partial charge in [0, 0.05) is 11.3 Å². The molecule has 0 aliphatic carbocycles. The van der Waals surface area contributed by atoms with Crippen molar-refractivity contribution in [2.45, 2.75) is 67.4 Å². The van der Waals surface area contributed by atoms with E-state index in [1.165, 1.54) is 27.8 Å². The Morgan fingerprint density at radius 1 is 1.05 bits per heavy atom. The molecule has 1 aliphatic heterocycles. The maximum atomic E-state index is 6.01. The monoisotopic (exact) mass is 299 g/mol. The third kappa shape index (κ3) is 2.97. The van der Waals surface area contributed by atoms with E-state index in [2.05, 4.69) is 61.5 Å². The molecule has 2 nitrogen and oxygen atoms in total. The molecular formula is C20H29NO. The third-order valence-electron chi connectivity index (χ3n) is 4.67. The van der Waals surface area contributed by atoms with Gasteiger partial charge in [-0.2, -0.15) is 0 Å². The van der Waals surface area contributed by atoms with Crippen LogP contribution in [-0.4, -0.2) is 11.1 Å². The van der Waals surface area contributed by atoms with Crippen LogP contribution in [0.4, 0.5) is 0 Å². The van der Waals surface area contributed by atoms with Crippen LogP contribution in [0, 0.1) is 12.8 Å². The number of hydrogen-bond donors (Lipinski definition) is 0. The van der Waals surface area contributed by atoms with E-state index < -0.39 is 0 Å². The van der Waals surface area contributed by atoms with Gasteiger partial charge in [0.15, 0.2) is 0 Å². The Morgan fingerprint density at radius 3 is 2.23 bits per heavy atom. The summed E-state index contributed by atoms with van der Waals surface area (Å²) in [5, 5.41) is 0. The zero-order valence-electron chi connectivity index (χ0n) is 15.2. The van der Waals surface area contributed by atoms with Crippen molar-refractivity contribution in [2.75, 3.05) is 0 Å². The van der Waals surface area contributed by atoms with Gasteiger partial charge in [-0.3, -0.25) is 4.98 Å². The molecule has 0 fully saturated rings. The molecule has 0 spiro atoms. The Morgan fingerprint density at radius 2 is 1.68 bits per heavy atom. The zero-order valence-corrected chi connectivity index (χ0v) is 15.2. The van der Waals surface area contributed by atoms with Crippen LogP contribution < -0.4 is 0 Å². The van der Waals surface area contributed by atoms with E-state index in [0.29, 0.717) is 11.8 Å². The molecule has 1 atom stereocenters. The number of pyridine rings is 1. The van der Waals surface area contributed by atoms with Crippen molar-refractivity contribution in [3.8, 4) is 0 Å². The molecule has 2 rings (SSSR count). The third-order valence-corrected chi connectivity index (χ3v) is 4.67. The average Bonchev–Trinajstić information content (AvgIpc) is 2.44. The minimum atomic E-state index is 0.0895. The van der Waals surface area contributed by atoms with Crippen LogP contribution in [0.5, 0.6) is 0 Å². The molecule has 120 valence electrons. The molecule has 22 heavy (non-hydrogen) atoms.